The van der Waals surface area contributed by atoms with Gasteiger partial charge in [0.1, 0.15) is 0 Å². The van der Waals surface area contributed by atoms with Gasteiger partial charge >= 0.3 is 0 Å². The lowest BCUT2D eigenvalue weighted by Gasteiger charge is -2.27. The predicted molar refractivity (Wildman–Crippen MR) is 58.0 cm³/mol. The second kappa shape index (κ2) is 4.43. The van der Waals surface area contributed by atoms with Crippen LogP contribution in [0, 0.1) is 0 Å². The summed E-state index contributed by atoms with van der Waals surface area (Å²) in [6, 6.07) is 0.746. The highest BCUT2D eigenvalue weighted by Gasteiger charge is 2.23. The maximum Gasteiger partial charge on any atom is 0.0137 e. The van der Waals surface area contributed by atoms with Gasteiger partial charge in [-0.15, -0.1) is 0 Å². The summed E-state index contributed by atoms with van der Waals surface area (Å²) in [7, 11) is 0. The smallest absolute Gasteiger partial charge is 0.0137 e. The molecule has 1 aliphatic heterocycles. The minimum atomic E-state index is 0.336. The summed E-state index contributed by atoms with van der Waals surface area (Å²) in [5.41, 5.74) is 0.336. The summed E-state index contributed by atoms with van der Waals surface area (Å²) in [5, 5.41) is 3.59. The molecule has 2 heteroatoms. The average molecular weight is 184 g/mol. The molecule has 0 spiro atoms. The van der Waals surface area contributed by atoms with Gasteiger partial charge in [0.15, 0.2) is 0 Å². The van der Waals surface area contributed by atoms with Gasteiger partial charge in [0.25, 0.3) is 0 Å². The Morgan fingerprint density at radius 1 is 1.38 bits per heavy atom. The van der Waals surface area contributed by atoms with Crippen LogP contribution in [0.25, 0.3) is 0 Å². The van der Waals surface area contributed by atoms with Crippen LogP contribution in [0.4, 0.5) is 0 Å². The van der Waals surface area contributed by atoms with Crippen LogP contribution in [0.15, 0.2) is 0 Å². The minimum absolute atomic E-state index is 0.336. The van der Waals surface area contributed by atoms with Crippen molar-refractivity contribution in [2.24, 2.45) is 0 Å². The third-order valence-corrected chi connectivity index (χ3v) is 3.24. The Kier molecular flexibility index (Phi) is 3.74. The van der Waals surface area contributed by atoms with E-state index in [2.05, 4.69) is 37.9 Å². The molecule has 1 saturated heterocycles. The monoisotopic (exact) mass is 184 g/mol. The van der Waals surface area contributed by atoms with Crippen molar-refractivity contribution in [2.45, 2.75) is 52.1 Å². The summed E-state index contributed by atoms with van der Waals surface area (Å²) in [6.07, 6.45) is 2.53. The topological polar surface area (TPSA) is 15.3 Å². The second-order valence-corrected chi connectivity index (χ2v) is 4.85. The molecule has 1 heterocycles. The number of hydrogen-bond donors (Lipinski definition) is 1. The molecule has 78 valence electrons. The summed E-state index contributed by atoms with van der Waals surface area (Å²) in [4.78, 5) is 2.60. The van der Waals surface area contributed by atoms with Crippen molar-refractivity contribution in [1.82, 2.24) is 10.2 Å². The maximum absolute atomic E-state index is 3.59. The van der Waals surface area contributed by atoms with E-state index in [1.54, 1.807) is 0 Å². The van der Waals surface area contributed by atoms with Crippen molar-refractivity contribution in [3.63, 3.8) is 0 Å². The summed E-state index contributed by atoms with van der Waals surface area (Å²) in [6.45, 7) is 12.8. The molecule has 1 N–H and O–H groups in total. The highest BCUT2D eigenvalue weighted by atomic mass is 15.2. The van der Waals surface area contributed by atoms with Crippen LogP contribution >= 0.6 is 0 Å². The second-order valence-electron chi connectivity index (χ2n) is 4.85. The van der Waals surface area contributed by atoms with Crippen molar-refractivity contribution >= 4 is 0 Å². The van der Waals surface area contributed by atoms with Gasteiger partial charge in [0.05, 0.1) is 0 Å². The van der Waals surface area contributed by atoms with Crippen molar-refractivity contribution in [3.8, 4) is 0 Å². The Hall–Kier alpha value is -0.0800. The molecule has 2 nitrogen and oxygen atoms in total. The Labute approximate surface area is 82.7 Å². The van der Waals surface area contributed by atoms with Gasteiger partial charge in [-0.1, -0.05) is 6.92 Å². The highest BCUT2D eigenvalue weighted by molar-refractivity contribution is 4.84. The fourth-order valence-corrected chi connectivity index (χ4v) is 1.86. The Bertz CT molecular complexity index is 154. The zero-order chi connectivity index (χ0) is 9.90. The Morgan fingerprint density at radius 2 is 2.08 bits per heavy atom. The van der Waals surface area contributed by atoms with Crippen LogP contribution in [0.1, 0.15) is 40.5 Å². The van der Waals surface area contributed by atoms with E-state index in [9.17, 15) is 0 Å². The summed E-state index contributed by atoms with van der Waals surface area (Å²) in [5.74, 6) is 0. The number of nitrogens with zero attached hydrogens (tertiary/aromatic N) is 1. The summed E-state index contributed by atoms with van der Waals surface area (Å²) < 4.78 is 0. The number of hydrogen-bond acceptors (Lipinski definition) is 2. The first-order valence-corrected chi connectivity index (χ1v) is 5.54. The van der Waals surface area contributed by atoms with Crippen LogP contribution < -0.4 is 5.32 Å². The first-order chi connectivity index (χ1) is 6.05. The lowest BCUT2D eigenvalue weighted by atomic mass is 10.0. The average Bonchev–Trinajstić information content (AvgIpc) is 2.25. The molecule has 0 radical (unpaired) electrons. The Balaban J connectivity index is 2.45. The third-order valence-electron chi connectivity index (χ3n) is 3.24. The lowest BCUT2D eigenvalue weighted by molar-refractivity contribution is 0.213. The zero-order valence-corrected chi connectivity index (χ0v) is 9.56. The molecular weight excluding hydrogens is 160 g/mol. The van der Waals surface area contributed by atoms with Gasteiger partial charge in [-0.2, -0.15) is 0 Å². The minimum Gasteiger partial charge on any atom is -0.310 e. The molecule has 1 fully saturated rings. The largest absolute Gasteiger partial charge is 0.310 e. The fraction of sp³-hybridized carbons (Fsp3) is 1.00. The molecule has 1 aliphatic rings. The van der Waals surface area contributed by atoms with E-state index >= 15 is 0 Å². The molecule has 0 aromatic rings. The number of rotatable bonds is 2. The van der Waals surface area contributed by atoms with Crippen molar-refractivity contribution in [3.05, 3.63) is 0 Å². The van der Waals surface area contributed by atoms with E-state index in [0.29, 0.717) is 5.54 Å². The van der Waals surface area contributed by atoms with Gasteiger partial charge in [-0.25, -0.2) is 0 Å². The van der Waals surface area contributed by atoms with Crippen LogP contribution in [0.5, 0.6) is 0 Å². The molecule has 1 unspecified atom stereocenters. The van der Waals surface area contributed by atoms with Crippen LogP contribution in [0.2, 0.25) is 0 Å². The maximum atomic E-state index is 3.59. The van der Waals surface area contributed by atoms with Crippen molar-refractivity contribution in [1.29, 1.82) is 0 Å². The van der Waals surface area contributed by atoms with Crippen molar-refractivity contribution in [2.75, 3.05) is 19.6 Å². The molecule has 0 aliphatic carbocycles. The van der Waals surface area contributed by atoms with Gasteiger partial charge in [-0.3, -0.25) is 4.90 Å². The van der Waals surface area contributed by atoms with Crippen LogP contribution in [-0.2, 0) is 0 Å². The molecule has 0 aromatic carbocycles. The number of nitrogens with one attached hydrogen (secondary N) is 1. The van der Waals surface area contributed by atoms with E-state index in [1.165, 1.54) is 25.9 Å². The first-order valence-electron chi connectivity index (χ1n) is 5.54. The van der Waals surface area contributed by atoms with E-state index in [0.717, 1.165) is 12.6 Å². The molecule has 0 amide bonds. The SMILES string of the molecule is CCC(C)N1CCNC(C)(C)CC1. The van der Waals surface area contributed by atoms with Gasteiger partial charge in [0, 0.05) is 31.2 Å². The van der Waals surface area contributed by atoms with E-state index in [4.69, 9.17) is 0 Å². The molecule has 0 saturated carbocycles. The highest BCUT2D eigenvalue weighted by Crippen LogP contribution is 2.14. The summed E-state index contributed by atoms with van der Waals surface area (Å²) >= 11 is 0. The van der Waals surface area contributed by atoms with E-state index < -0.39 is 0 Å². The Morgan fingerprint density at radius 3 is 2.69 bits per heavy atom. The van der Waals surface area contributed by atoms with E-state index in [1.807, 2.05) is 0 Å². The van der Waals surface area contributed by atoms with Crippen LogP contribution in [-0.4, -0.2) is 36.1 Å². The lowest BCUT2D eigenvalue weighted by Crippen LogP contribution is -2.39. The molecule has 1 rings (SSSR count). The zero-order valence-electron chi connectivity index (χ0n) is 9.56. The molecule has 13 heavy (non-hydrogen) atoms. The molecule has 0 aromatic heterocycles. The fourth-order valence-electron chi connectivity index (χ4n) is 1.86. The molecular formula is C11H24N2. The standard InChI is InChI=1S/C11H24N2/c1-5-10(2)13-8-6-11(3,4)12-7-9-13/h10,12H,5-9H2,1-4H3. The normalized spacial score (nSPS) is 26.8. The van der Waals surface area contributed by atoms with Crippen molar-refractivity contribution < 1.29 is 0 Å². The predicted octanol–water partition coefficient (Wildman–Crippen LogP) is 1.86. The molecule has 0 bridgehead atoms. The van der Waals surface area contributed by atoms with Crippen LogP contribution in [0.3, 0.4) is 0 Å². The van der Waals surface area contributed by atoms with Gasteiger partial charge < -0.3 is 5.32 Å². The van der Waals surface area contributed by atoms with Gasteiger partial charge in [-0.05, 0) is 33.6 Å². The third kappa shape index (κ3) is 3.28. The first kappa shape index (κ1) is 11.0. The molecule has 1 atom stereocenters. The van der Waals surface area contributed by atoms with E-state index in [-0.39, 0.29) is 0 Å². The quantitative estimate of drug-likeness (QED) is 0.704. The van der Waals surface area contributed by atoms with Gasteiger partial charge in [0.2, 0.25) is 0 Å².